The van der Waals surface area contributed by atoms with Crippen molar-refractivity contribution >= 4 is 28.9 Å². The van der Waals surface area contributed by atoms with E-state index in [0.717, 1.165) is 16.6 Å². The van der Waals surface area contributed by atoms with Crippen molar-refractivity contribution in [3.63, 3.8) is 0 Å². The Morgan fingerprint density at radius 1 is 1.04 bits per heavy atom. The van der Waals surface area contributed by atoms with E-state index in [0.29, 0.717) is 18.0 Å². The third kappa shape index (κ3) is 3.73. The second-order valence-electron chi connectivity index (χ2n) is 6.22. The number of non-ortho nitro benzene ring substituents is 1. The molecule has 1 aromatic heterocycles. The van der Waals surface area contributed by atoms with Gasteiger partial charge in [-0.25, -0.2) is 10.4 Å². The number of anilines is 1. The van der Waals surface area contributed by atoms with Crippen LogP contribution in [0.2, 0.25) is 0 Å². The van der Waals surface area contributed by atoms with Crippen LogP contribution in [0.25, 0.3) is 11.0 Å². The molecule has 0 aliphatic carbocycles. The average Bonchev–Trinajstić information content (AvgIpc) is 3.06. The van der Waals surface area contributed by atoms with Crippen molar-refractivity contribution in [1.82, 2.24) is 9.55 Å². The molecule has 1 heterocycles. The van der Waals surface area contributed by atoms with E-state index in [-0.39, 0.29) is 5.69 Å². The lowest BCUT2D eigenvalue weighted by molar-refractivity contribution is -0.384. The number of fused-ring (bicyclic) bond motifs is 1. The van der Waals surface area contributed by atoms with Crippen molar-refractivity contribution in [3.8, 4) is 0 Å². The van der Waals surface area contributed by atoms with Gasteiger partial charge in [-0.2, -0.15) is 5.10 Å². The number of aromatic nitrogens is 2. The number of hydrogen-bond acceptors (Lipinski definition) is 5. The summed E-state index contributed by atoms with van der Waals surface area (Å²) in [6.45, 7) is 0.568. The predicted molar refractivity (Wildman–Crippen MR) is 110 cm³/mol. The molecule has 0 atom stereocenters. The number of nitrogens with one attached hydrogen (secondary N) is 1. The summed E-state index contributed by atoms with van der Waals surface area (Å²) in [6, 6.07) is 24.3. The Balaban J connectivity index is 1.71. The van der Waals surface area contributed by atoms with Crippen LogP contribution in [0.5, 0.6) is 0 Å². The van der Waals surface area contributed by atoms with Gasteiger partial charge < -0.3 is 4.57 Å². The Labute approximate surface area is 161 Å². The van der Waals surface area contributed by atoms with Gasteiger partial charge in [-0.1, -0.05) is 60.7 Å². The molecule has 0 saturated carbocycles. The normalized spacial score (nSPS) is 11.1. The van der Waals surface area contributed by atoms with Crippen molar-refractivity contribution in [2.45, 2.75) is 6.54 Å². The number of benzene rings is 3. The Bertz CT molecular complexity index is 1140. The number of nitro groups is 1. The molecule has 0 fully saturated rings. The van der Waals surface area contributed by atoms with Gasteiger partial charge in [0.2, 0.25) is 5.95 Å². The highest BCUT2D eigenvalue weighted by atomic mass is 16.6. The van der Waals surface area contributed by atoms with Crippen LogP contribution in [-0.4, -0.2) is 20.7 Å². The number of nitro benzene ring substituents is 1. The quantitative estimate of drug-likeness (QED) is 0.308. The molecule has 138 valence electrons. The summed E-state index contributed by atoms with van der Waals surface area (Å²) in [5, 5.41) is 15.4. The lowest BCUT2D eigenvalue weighted by Gasteiger charge is -2.08. The van der Waals surface area contributed by atoms with E-state index in [1.54, 1.807) is 12.3 Å². The molecule has 4 rings (SSSR count). The molecule has 0 radical (unpaired) electrons. The largest absolute Gasteiger partial charge is 0.304 e. The van der Waals surface area contributed by atoms with E-state index in [4.69, 9.17) is 0 Å². The SMILES string of the molecule is O=[N+]([O-])c1ccc2c(c1)nc(NN=Cc1ccccc1)n2Cc1ccccc1. The molecular formula is C21H17N5O2. The maximum absolute atomic E-state index is 11.1. The van der Waals surface area contributed by atoms with Gasteiger partial charge in [0, 0.05) is 12.1 Å². The third-order valence-corrected chi connectivity index (χ3v) is 4.30. The Morgan fingerprint density at radius 2 is 1.75 bits per heavy atom. The molecule has 7 heteroatoms. The van der Waals surface area contributed by atoms with E-state index in [2.05, 4.69) is 15.5 Å². The van der Waals surface area contributed by atoms with Gasteiger partial charge in [-0.05, 0) is 17.2 Å². The maximum Gasteiger partial charge on any atom is 0.271 e. The zero-order chi connectivity index (χ0) is 19.3. The van der Waals surface area contributed by atoms with Crippen LogP contribution in [0.4, 0.5) is 11.6 Å². The van der Waals surface area contributed by atoms with Crippen LogP contribution < -0.4 is 5.43 Å². The van der Waals surface area contributed by atoms with Gasteiger partial charge in [0.1, 0.15) is 0 Å². The molecule has 0 bridgehead atoms. The minimum atomic E-state index is -0.420. The Morgan fingerprint density at radius 3 is 2.46 bits per heavy atom. The standard InChI is InChI=1S/C21H17N5O2/c27-26(28)18-11-12-20-19(13-18)23-21(24-22-14-16-7-3-1-4-8-16)25(20)15-17-9-5-2-6-10-17/h1-14H,15H2,(H,23,24). The van der Waals surface area contributed by atoms with E-state index in [9.17, 15) is 10.1 Å². The smallest absolute Gasteiger partial charge is 0.271 e. The van der Waals surface area contributed by atoms with Crippen LogP contribution in [0.1, 0.15) is 11.1 Å². The van der Waals surface area contributed by atoms with Crippen molar-refractivity contribution in [2.75, 3.05) is 5.43 Å². The molecule has 0 aliphatic heterocycles. The molecule has 0 spiro atoms. The van der Waals surface area contributed by atoms with Gasteiger partial charge in [0.25, 0.3) is 5.69 Å². The molecule has 28 heavy (non-hydrogen) atoms. The van der Waals surface area contributed by atoms with Gasteiger partial charge in [-0.3, -0.25) is 10.1 Å². The van der Waals surface area contributed by atoms with Crippen molar-refractivity contribution in [2.24, 2.45) is 5.10 Å². The lowest BCUT2D eigenvalue weighted by Crippen LogP contribution is -2.05. The number of hydrazone groups is 1. The van der Waals surface area contributed by atoms with Crippen LogP contribution in [-0.2, 0) is 6.54 Å². The van der Waals surface area contributed by atoms with Crippen molar-refractivity contribution in [3.05, 3.63) is 100 Å². The summed E-state index contributed by atoms with van der Waals surface area (Å²) in [5.74, 6) is 0.520. The summed E-state index contributed by atoms with van der Waals surface area (Å²) < 4.78 is 1.96. The molecule has 1 N–H and O–H groups in total. The number of imidazole rings is 1. The van der Waals surface area contributed by atoms with Crippen LogP contribution in [0.15, 0.2) is 84.0 Å². The van der Waals surface area contributed by atoms with Gasteiger partial charge in [0.05, 0.1) is 28.7 Å². The monoisotopic (exact) mass is 371 g/mol. The third-order valence-electron chi connectivity index (χ3n) is 4.30. The van der Waals surface area contributed by atoms with E-state index in [1.807, 2.05) is 65.2 Å². The molecular weight excluding hydrogens is 354 g/mol. The highest BCUT2D eigenvalue weighted by Crippen LogP contribution is 2.25. The molecule has 4 aromatic rings. The summed E-state index contributed by atoms with van der Waals surface area (Å²) in [7, 11) is 0. The summed E-state index contributed by atoms with van der Waals surface area (Å²) >= 11 is 0. The molecule has 0 unspecified atom stereocenters. The molecule has 3 aromatic carbocycles. The fourth-order valence-electron chi connectivity index (χ4n) is 2.95. The van der Waals surface area contributed by atoms with Gasteiger partial charge in [-0.15, -0.1) is 0 Å². The number of rotatable bonds is 6. The predicted octanol–water partition coefficient (Wildman–Crippen LogP) is 4.44. The molecule has 0 aliphatic rings. The minimum Gasteiger partial charge on any atom is -0.304 e. The van der Waals surface area contributed by atoms with E-state index in [1.165, 1.54) is 12.1 Å². The zero-order valence-corrected chi connectivity index (χ0v) is 14.9. The topological polar surface area (TPSA) is 85.3 Å². The van der Waals surface area contributed by atoms with Gasteiger partial charge >= 0.3 is 0 Å². The minimum absolute atomic E-state index is 0.0104. The highest BCUT2D eigenvalue weighted by Gasteiger charge is 2.14. The van der Waals surface area contributed by atoms with E-state index < -0.39 is 4.92 Å². The fourth-order valence-corrected chi connectivity index (χ4v) is 2.95. The molecule has 0 saturated heterocycles. The maximum atomic E-state index is 11.1. The highest BCUT2D eigenvalue weighted by molar-refractivity contribution is 5.82. The molecule has 0 amide bonds. The van der Waals surface area contributed by atoms with Gasteiger partial charge in [0.15, 0.2) is 0 Å². The van der Waals surface area contributed by atoms with E-state index >= 15 is 0 Å². The van der Waals surface area contributed by atoms with Crippen LogP contribution in [0.3, 0.4) is 0 Å². The molecule has 7 nitrogen and oxygen atoms in total. The fraction of sp³-hybridized carbons (Fsp3) is 0.0476. The number of hydrogen-bond donors (Lipinski definition) is 1. The first kappa shape index (κ1) is 17.4. The summed E-state index contributed by atoms with van der Waals surface area (Å²) in [4.78, 5) is 15.2. The Hall–Kier alpha value is -4.00. The van der Waals surface area contributed by atoms with Crippen LogP contribution >= 0.6 is 0 Å². The zero-order valence-electron chi connectivity index (χ0n) is 14.9. The second-order valence-corrected chi connectivity index (χ2v) is 6.22. The summed E-state index contributed by atoms with van der Waals surface area (Å²) in [6.07, 6.45) is 1.70. The summed E-state index contributed by atoms with van der Waals surface area (Å²) in [5.41, 5.74) is 6.37. The number of nitrogens with zero attached hydrogens (tertiary/aromatic N) is 4. The van der Waals surface area contributed by atoms with Crippen LogP contribution in [0, 0.1) is 10.1 Å². The second kappa shape index (κ2) is 7.71. The lowest BCUT2D eigenvalue weighted by atomic mass is 10.2. The first-order chi connectivity index (χ1) is 13.7. The Kier molecular flexibility index (Phi) is 4.79. The first-order valence-corrected chi connectivity index (χ1v) is 8.73. The van der Waals surface area contributed by atoms with Crippen molar-refractivity contribution < 1.29 is 4.92 Å². The first-order valence-electron chi connectivity index (χ1n) is 8.73. The van der Waals surface area contributed by atoms with Crippen molar-refractivity contribution in [1.29, 1.82) is 0 Å². The average molecular weight is 371 g/mol.